The largest absolute Gasteiger partial charge is 0.454 e. The van der Waals surface area contributed by atoms with E-state index in [2.05, 4.69) is 5.32 Å². The number of nitrogens with one attached hydrogen (secondary N) is 1. The summed E-state index contributed by atoms with van der Waals surface area (Å²) < 4.78 is 11.5. The van der Waals surface area contributed by atoms with Gasteiger partial charge in [-0.25, -0.2) is 4.79 Å². The summed E-state index contributed by atoms with van der Waals surface area (Å²) in [7, 11) is 0. The van der Waals surface area contributed by atoms with Gasteiger partial charge in [0, 0.05) is 23.1 Å². The molecule has 0 radical (unpaired) electrons. The third-order valence-corrected chi connectivity index (χ3v) is 5.21. The lowest BCUT2D eigenvalue weighted by atomic mass is 10.2. The molecule has 34 heavy (non-hydrogen) atoms. The van der Waals surface area contributed by atoms with Crippen molar-refractivity contribution in [3.8, 4) is 0 Å². The number of rotatable bonds is 8. The maximum absolute atomic E-state index is 12.9. The third kappa shape index (κ3) is 5.17. The fourth-order valence-electron chi connectivity index (χ4n) is 3.67. The van der Waals surface area contributed by atoms with Crippen molar-refractivity contribution in [1.82, 2.24) is 4.57 Å². The van der Waals surface area contributed by atoms with Crippen molar-refractivity contribution in [2.24, 2.45) is 0 Å². The van der Waals surface area contributed by atoms with Gasteiger partial charge in [0.2, 0.25) is 0 Å². The lowest BCUT2D eigenvalue weighted by Gasteiger charge is -2.27. The van der Waals surface area contributed by atoms with Gasteiger partial charge in [-0.1, -0.05) is 30.3 Å². The Morgan fingerprint density at radius 1 is 0.941 bits per heavy atom. The number of hydrogen-bond donors (Lipinski definition) is 1. The zero-order valence-corrected chi connectivity index (χ0v) is 18.9. The van der Waals surface area contributed by atoms with Crippen LogP contribution in [0.1, 0.15) is 13.8 Å². The fraction of sp³-hybridized carbons (Fsp3) is 0.192. The first-order chi connectivity index (χ1) is 16.4. The lowest BCUT2D eigenvalue weighted by molar-refractivity contribution is -0.148. The van der Waals surface area contributed by atoms with E-state index in [4.69, 9.17) is 9.15 Å². The molecule has 0 aliphatic heterocycles. The summed E-state index contributed by atoms with van der Waals surface area (Å²) in [6.45, 7) is 2.98. The van der Waals surface area contributed by atoms with Crippen LogP contribution >= 0.6 is 0 Å². The standard InChI is InChI=1S/C26H25N3O5/c1-18(2)29(21-14-12-20(13-15-21)27-19-8-4-3-5-9-19)24(30)17-33-25(31)16-28-22-10-6-7-11-23(22)34-26(28)32/h3-15,18,27H,16-17H2,1-2H3. The second kappa shape index (κ2) is 10.1. The van der Waals surface area contributed by atoms with Crippen LogP contribution in [-0.4, -0.2) is 29.1 Å². The maximum atomic E-state index is 12.9. The van der Waals surface area contributed by atoms with Crippen molar-refractivity contribution >= 4 is 40.0 Å². The molecule has 1 heterocycles. The molecule has 3 aromatic carbocycles. The van der Waals surface area contributed by atoms with Crippen molar-refractivity contribution in [2.75, 3.05) is 16.8 Å². The van der Waals surface area contributed by atoms with Crippen molar-refractivity contribution in [2.45, 2.75) is 26.4 Å². The second-order valence-corrected chi connectivity index (χ2v) is 7.98. The molecule has 1 aromatic heterocycles. The van der Waals surface area contributed by atoms with Gasteiger partial charge in [0.25, 0.3) is 5.91 Å². The SMILES string of the molecule is CC(C)N(C(=O)COC(=O)Cn1c(=O)oc2ccccc21)c1ccc(Nc2ccccc2)cc1. The highest BCUT2D eigenvalue weighted by atomic mass is 16.5. The number of aromatic nitrogens is 1. The molecule has 0 aliphatic carbocycles. The van der Waals surface area contributed by atoms with Gasteiger partial charge in [-0.3, -0.25) is 14.2 Å². The predicted molar refractivity (Wildman–Crippen MR) is 130 cm³/mol. The second-order valence-electron chi connectivity index (χ2n) is 7.98. The fourth-order valence-corrected chi connectivity index (χ4v) is 3.67. The van der Waals surface area contributed by atoms with Crippen molar-refractivity contribution in [1.29, 1.82) is 0 Å². The Bertz CT molecular complexity index is 1340. The van der Waals surface area contributed by atoms with Crippen LogP contribution in [0.5, 0.6) is 0 Å². The van der Waals surface area contributed by atoms with E-state index in [-0.39, 0.29) is 18.5 Å². The molecular weight excluding hydrogens is 434 g/mol. The van der Waals surface area contributed by atoms with Gasteiger partial charge in [-0.2, -0.15) is 0 Å². The summed E-state index contributed by atoms with van der Waals surface area (Å²) in [4.78, 5) is 38.9. The van der Waals surface area contributed by atoms with Crippen LogP contribution in [0.25, 0.3) is 11.1 Å². The molecule has 0 unspecified atom stereocenters. The maximum Gasteiger partial charge on any atom is 0.420 e. The summed E-state index contributed by atoms with van der Waals surface area (Å²) in [5.41, 5.74) is 3.40. The number of ether oxygens (including phenoxy) is 1. The number of benzene rings is 3. The number of oxazole rings is 1. The van der Waals surface area contributed by atoms with Crippen molar-refractivity contribution < 1.29 is 18.7 Å². The highest BCUT2D eigenvalue weighted by Crippen LogP contribution is 2.23. The van der Waals surface area contributed by atoms with Crippen LogP contribution in [0.4, 0.5) is 17.1 Å². The van der Waals surface area contributed by atoms with Gasteiger partial charge in [0.05, 0.1) is 5.52 Å². The minimum Gasteiger partial charge on any atom is -0.454 e. The molecule has 4 aromatic rings. The Balaban J connectivity index is 1.39. The van der Waals surface area contributed by atoms with E-state index in [1.165, 1.54) is 4.57 Å². The zero-order chi connectivity index (χ0) is 24.1. The van der Waals surface area contributed by atoms with E-state index >= 15 is 0 Å². The quantitative estimate of drug-likeness (QED) is 0.395. The molecule has 8 heteroatoms. The van der Waals surface area contributed by atoms with Crippen molar-refractivity contribution in [3.05, 3.63) is 89.4 Å². The Morgan fingerprint density at radius 3 is 2.29 bits per heavy atom. The van der Waals surface area contributed by atoms with Crippen LogP contribution in [0.3, 0.4) is 0 Å². The first-order valence-electron chi connectivity index (χ1n) is 10.9. The van der Waals surface area contributed by atoms with Crippen LogP contribution in [0.2, 0.25) is 0 Å². The van der Waals surface area contributed by atoms with Crippen LogP contribution in [0, 0.1) is 0 Å². The topological polar surface area (TPSA) is 93.8 Å². The Kier molecular flexibility index (Phi) is 6.77. The van der Waals surface area contributed by atoms with E-state index in [0.717, 1.165) is 11.4 Å². The van der Waals surface area contributed by atoms with E-state index < -0.39 is 18.3 Å². The van der Waals surface area contributed by atoms with E-state index in [1.54, 1.807) is 29.2 Å². The summed E-state index contributed by atoms with van der Waals surface area (Å²) in [5.74, 6) is -1.72. The first kappa shape index (κ1) is 22.8. The molecule has 0 saturated carbocycles. The monoisotopic (exact) mass is 459 g/mol. The molecule has 0 aliphatic rings. The molecule has 8 nitrogen and oxygen atoms in total. The normalized spacial score (nSPS) is 10.9. The molecule has 4 rings (SSSR count). The molecule has 0 spiro atoms. The van der Waals surface area contributed by atoms with E-state index in [0.29, 0.717) is 16.8 Å². The number of esters is 1. The highest BCUT2D eigenvalue weighted by molar-refractivity contribution is 5.96. The number of nitrogens with zero attached hydrogens (tertiary/aromatic N) is 2. The highest BCUT2D eigenvalue weighted by Gasteiger charge is 2.21. The van der Waals surface area contributed by atoms with Gasteiger partial charge >= 0.3 is 11.7 Å². The number of para-hydroxylation sites is 3. The Morgan fingerprint density at radius 2 is 1.59 bits per heavy atom. The Hall–Kier alpha value is -4.33. The van der Waals surface area contributed by atoms with Crippen LogP contribution in [-0.2, 0) is 20.9 Å². The molecule has 1 N–H and O–H groups in total. The molecule has 0 bridgehead atoms. The molecule has 1 amide bonds. The number of hydrogen-bond acceptors (Lipinski definition) is 6. The number of carbonyl (C=O) groups is 2. The third-order valence-electron chi connectivity index (χ3n) is 5.21. The summed E-state index contributed by atoms with van der Waals surface area (Å²) in [5, 5.41) is 3.30. The number of anilines is 3. The molecule has 0 saturated heterocycles. The average Bonchev–Trinajstić information content (AvgIpc) is 3.14. The average molecular weight is 460 g/mol. The van der Waals surface area contributed by atoms with Gasteiger partial charge in [0.15, 0.2) is 12.2 Å². The van der Waals surface area contributed by atoms with E-state index in [1.807, 2.05) is 68.4 Å². The van der Waals surface area contributed by atoms with Gasteiger partial charge in [-0.05, 0) is 62.4 Å². The number of amides is 1. The van der Waals surface area contributed by atoms with Gasteiger partial charge in [-0.15, -0.1) is 0 Å². The number of fused-ring (bicyclic) bond motifs is 1. The summed E-state index contributed by atoms with van der Waals surface area (Å²) >= 11 is 0. The van der Waals surface area contributed by atoms with E-state index in [9.17, 15) is 14.4 Å². The minimum absolute atomic E-state index is 0.153. The minimum atomic E-state index is -0.701. The smallest absolute Gasteiger partial charge is 0.420 e. The summed E-state index contributed by atoms with van der Waals surface area (Å²) in [6.07, 6.45) is 0. The van der Waals surface area contributed by atoms with Crippen LogP contribution < -0.4 is 16.0 Å². The zero-order valence-electron chi connectivity index (χ0n) is 18.9. The summed E-state index contributed by atoms with van der Waals surface area (Å²) in [6, 6.07) is 23.8. The predicted octanol–water partition coefficient (Wildman–Crippen LogP) is 4.32. The Labute approximate surface area is 196 Å². The first-order valence-corrected chi connectivity index (χ1v) is 10.9. The molecule has 174 valence electrons. The molecule has 0 fully saturated rings. The number of carbonyl (C=O) groups excluding carboxylic acids is 2. The molecule has 0 atom stereocenters. The van der Waals surface area contributed by atoms with Gasteiger partial charge < -0.3 is 19.4 Å². The van der Waals surface area contributed by atoms with Gasteiger partial charge in [0.1, 0.15) is 6.54 Å². The lowest BCUT2D eigenvalue weighted by Crippen LogP contribution is -2.40. The molecular formula is C26H25N3O5. The van der Waals surface area contributed by atoms with Crippen LogP contribution in [0.15, 0.2) is 88.1 Å². The van der Waals surface area contributed by atoms with Crippen molar-refractivity contribution in [3.63, 3.8) is 0 Å².